The molecule has 0 saturated heterocycles. The molecule has 1 atom stereocenters. The van der Waals surface area contributed by atoms with Gasteiger partial charge in [-0.2, -0.15) is 0 Å². The number of halogens is 1. The number of hydrogen-bond donors (Lipinski definition) is 2. The van der Waals surface area contributed by atoms with E-state index in [0.29, 0.717) is 12.5 Å². The zero-order valence-corrected chi connectivity index (χ0v) is 10.1. The molecule has 0 bridgehead atoms. The molecule has 0 aromatic carbocycles. The summed E-state index contributed by atoms with van der Waals surface area (Å²) in [7, 11) is 0. The predicted molar refractivity (Wildman–Crippen MR) is 63.8 cm³/mol. The molecule has 1 aromatic rings. The van der Waals surface area contributed by atoms with Crippen LogP contribution in [0.1, 0.15) is 19.3 Å². The van der Waals surface area contributed by atoms with Gasteiger partial charge in [0.15, 0.2) is 0 Å². The van der Waals surface area contributed by atoms with Crippen molar-refractivity contribution in [3.63, 3.8) is 0 Å². The monoisotopic (exact) mass is 270 g/mol. The Labute approximate surface area is 98.0 Å². The molecule has 1 unspecified atom stereocenters. The first-order valence-electron chi connectivity index (χ1n) is 5.29. The normalized spacial score (nSPS) is 18.3. The van der Waals surface area contributed by atoms with E-state index in [1.807, 2.05) is 12.1 Å². The topological polar surface area (TPSA) is 45.1 Å². The Kier molecular flexibility index (Phi) is 3.59. The van der Waals surface area contributed by atoms with Crippen molar-refractivity contribution in [1.82, 2.24) is 4.98 Å². The van der Waals surface area contributed by atoms with Crippen molar-refractivity contribution in [3.05, 3.63) is 22.8 Å². The van der Waals surface area contributed by atoms with Crippen LogP contribution in [0.2, 0.25) is 0 Å². The molecule has 0 amide bonds. The van der Waals surface area contributed by atoms with Crippen LogP contribution < -0.4 is 5.32 Å². The summed E-state index contributed by atoms with van der Waals surface area (Å²) >= 11 is 3.33. The molecular weight excluding hydrogens is 256 g/mol. The fourth-order valence-corrected chi connectivity index (χ4v) is 1.92. The van der Waals surface area contributed by atoms with Gasteiger partial charge in [0.1, 0.15) is 5.82 Å². The van der Waals surface area contributed by atoms with Crippen LogP contribution in [0.5, 0.6) is 0 Å². The summed E-state index contributed by atoms with van der Waals surface area (Å²) in [5, 5.41) is 12.9. The zero-order chi connectivity index (χ0) is 10.7. The molecule has 0 aliphatic heterocycles. The number of nitrogens with zero attached hydrogens (tertiary/aromatic N) is 1. The second-order valence-electron chi connectivity index (χ2n) is 4.00. The van der Waals surface area contributed by atoms with Crippen molar-refractivity contribution < 1.29 is 5.11 Å². The van der Waals surface area contributed by atoms with Gasteiger partial charge in [-0.3, -0.25) is 0 Å². The van der Waals surface area contributed by atoms with Gasteiger partial charge < -0.3 is 10.4 Å². The highest BCUT2D eigenvalue weighted by Gasteiger charge is 2.25. The number of nitrogens with one attached hydrogen (secondary N) is 1. The van der Waals surface area contributed by atoms with Crippen LogP contribution in [0.3, 0.4) is 0 Å². The van der Waals surface area contributed by atoms with Crippen LogP contribution in [-0.4, -0.2) is 22.7 Å². The van der Waals surface area contributed by atoms with Crippen LogP contribution in [-0.2, 0) is 0 Å². The highest BCUT2D eigenvalue weighted by atomic mass is 79.9. The van der Waals surface area contributed by atoms with Crippen molar-refractivity contribution in [3.8, 4) is 0 Å². The van der Waals surface area contributed by atoms with Crippen LogP contribution >= 0.6 is 15.9 Å². The first kappa shape index (κ1) is 10.9. The minimum atomic E-state index is -0.232. The lowest BCUT2D eigenvalue weighted by atomic mass is 9.81. The molecule has 1 aliphatic carbocycles. The Balaban J connectivity index is 1.79. The first-order chi connectivity index (χ1) is 7.25. The molecule has 3 nitrogen and oxygen atoms in total. The molecule has 4 heteroatoms. The average Bonchev–Trinajstić information content (AvgIpc) is 2.14. The minimum Gasteiger partial charge on any atom is -0.391 e. The summed E-state index contributed by atoms with van der Waals surface area (Å²) in [6.45, 7) is 0.597. The lowest BCUT2D eigenvalue weighted by Crippen LogP contribution is -2.32. The molecule has 1 aliphatic rings. The van der Waals surface area contributed by atoms with Gasteiger partial charge in [0.2, 0.25) is 0 Å². The molecule has 1 saturated carbocycles. The predicted octanol–water partition coefficient (Wildman–Crippen LogP) is 2.42. The standard InChI is InChI=1S/C11H15BrN2O/c12-9-4-5-11(13-6-9)14-7-10(15)8-2-1-3-8/h4-6,8,10,15H,1-3,7H2,(H,13,14). The Morgan fingerprint density at radius 2 is 2.33 bits per heavy atom. The number of rotatable bonds is 4. The van der Waals surface area contributed by atoms with E-state index in [9.17, 15) is 5.11 Å². The second kappa shape index (κ2) is 4.94. The van der Waals surface area contributed by atoms with Gasteiger partial charge in [0, 0.05) is 17.2 Å². The number of aliphatic hydroxyl groups excluding tert-OH is 1. The van der Waals surface area contributed by atoms with Gasteiger partial charge in [0.25, 0.3) is 0 Å². The maximum Gasteiger partial charge on any atom is 0.126 e. The maximum absolute atomic E-state index is 9.79. The van der Waals surface area contributed by atoms with Crippen molar-refractivity contribution in [1.29, 1.82) is 0 Å². The Hall–Kier alpha value is -0.610. The highest BCUT2D eigenvalue weighted by Crippen LogP contribution is 2.29. The van der Waals surface area contributed by atoms with E-state index in [0.717, 1.165) is 23.1 Å². The summed E-state index contributed by atoms with van der Waals surface area (Å²) in [5.74, 6) is 1.31. The van der Waals surface area contributed by atoms with Crippen molar-refractivity contribution in [2.75, 3.05) is 11.9 Å². The Morgan fingerprint density at radius 1 is 1.53 bits per heavy atom. The van der Waals surface area contributed by atoms with Crippen LogP contribution in [0.15, 0.2) is 22.8 Å². The molecule has 1 aromatic heterocycles. The molecule has 1 fully saturated rings. The molecule has 1 heterocycles. The summed E-state index contributed by atoms with van der Waals surface area (Å²) in [6, 6.07) is 3.84. The number of aromatic nitrogens is 1. The molecule has 2 rings (SSSR count). The van der Waals surface area contributed by atoms with Crippen molar-refractivity contribution >= 4 is 21.7 Å². The van der Waals surface area contributed by atoms with E-state index in [1.54, 1.807) is 6.20 Å². The van der Waals surface area contributed by atoms with Crippen molar-refractivity contribution in [2.24, 2.45) is 5.92 Å². The molecule has 15 heavy (non-hydrogen) atoms. The summed E-state index contributed by atoms with van der Waals surface area (Å²) in [6.07, 6.45) is 5.10. The fourth-order valence-electron chi connectivity index (χ4n) is 1.68. The molecule has 0 radical (unpaired) electrons. The minimum absolute atomic E-state index is 0.232. The van der Waals surface area contributed by atoms with E-state index in [2.05, 4.69) is 26.2 Å². The third kappa shape index (κ3) is 2.92. The third-order valence-electron chi connectivity index (χ3n) is 2.91. The van der Waals surface area contributed by atoms with E-state index in [4.69, 9.17) is 0 Å². The fraction of sp³-hybridized carbons (Fsp3) is 0.545. The number of anilines is 1. The van der Waals surface area contributed by atoms with E-state index < -0.39 is 0 Å². The first-order valence-corrected chi connectivity index (χ1v) is 6.08. The third-order valence-corrected chi connectivity index (χ3v) is 3.38. The van der Waals surface area contributed by atoms with Crippen LogP contribution in [0.4, 0.5) is 5.82 Å². The zero-order valence-electron chi connectivity index (χ0n) is 8.49. The summed E-state index contributed by atoms with van der Waals surface area (Å²) in [4.78, 5) is 4.18. The molecule has 82 valence electrons. The van der Waals surface area contributed by atoms with Gasteiger partial charge in [-0.1, -0.05) is 6.42 Å². The Morgan fingerprint density at radius 3 is 2.87 bits per heavy atom. The lowest BCUT2D eigenvalue weighted by Gasteiger charge is -2.30. The number of aliphatic hydroxyl groups is 1. The lowest BCUT2D eigenvalue weighted by molar-refractivity contribution is 0.0729. The van der Waals surface area contributed by atoms with Gasteiger partial charge in [0.05, 0.1) is 6.10 Å². The molecule has 0 spiro atoms. The van der Waals surface area contributed by atoms with Crippen LogP contribution in [0.25, 0.3) is 0 Å². The Bertz CT molecular complexity index is 311. The van der Waals surface area contributed by atoms with Gasteiger partial charge >= 0.3 is 0 Å². The number of pyridine rings is 1. The second-order valence-corrected chi connectivity index (χ2v) is 4.92. The van der Waals surface area contributed by atoms with Crippen molar-refractivity contribution in [2.45, 2.75) is 25.4 Å². The summed E-state index contributed by atoms with van der Waals surface area (Å²) < 4.78 is 0.965. The van der Waals surface area contributed by atoms with Gasteiger partial charge in [-0.25, -0.2) is 4.98 Å². The van der Waals surface area contributed by atoms with E-state index >= 15 is 0 Å². The molecule has 2 N–H and O–H groups in total. The highest BCUT2D eigenvalue weighted by molar-refractivity contribution is 9.10. The largest absolute Gasteiger partial charge is 0.391 e. The maximum atomic E-state index is 9.79. The smallest absolute Gasteiger partial charge is 0.126 e. The van der Waals surface area contributed by atoms with Gasteiger partial charge in [-0.15, -0.1) is 0 Å². The van der Waals surface area contributed by atoms with Gasteiger partial charge in [-0.05, 0) is 46.8 Å². The number of hydrogen-bond acceptors (Lipinski definition) is 3. The SMILES string of the molecule is OC(CNc1ccc(Br)cn1)C1CCC1. The van der Waals surface area contributed by atoms with Crippen LogP contribution in [0, 0.1) is 5.92 Å². The van der Waals surface area contributed by atoms with E-state index in [1.165, 1.54) is 6.42 Å². The van der Waals surface area contributed by atoms with E-state index in [-0.39, 0.29) is 6.10 Å². The quantitative estimate of drug-likeness (QED) is 0.884. The average molecular weight is 271 g/mol. The summed E-state index contributed by atoms with van der Waals surface area (Å²) in [5.41, 5.74) is 0. The molecular formula is C11H15BrN2O.